The van der Waals surface area contributed by atoms with E-state index >= 15 is 0 Å². The van der Waals surface area contributed by atoms with Gasteiger partial charge in [-0.25, -0.2) is 12.8 Å². The van der Waals surface area contributed by atoms with Gasteiger partial charge in [-0.1, -0.05) is 85.8 Å². The first kappa shape index (κ1) is 30.9. The SMILES string of the molecule is CC[C@@H](C)NC(=O)[C@@H](Cc1ccccc1)N(Cc1ccccc1F)C(=O)CN(C)S(=O)(=O)c1ccc2ccccc2c1. The number of fused-ring (bicyclic) bond motifs is 1. The maximum atomic E-state index is 14.8. The van der Waals surface area contributed by atoms with Crippen LogP contribution >= 0.6 is 0 Å². The molecule has 7 nitrogen and oxygen atoms in total. The molecule has 4 rings (SSSR count). The number of hydrogen-bond acceptors (Lipinski definition) is 4. The van der Waals surface area contributed by atoms with Crippen LogP contribution < -0.4 is 5.32 Å². The summed E-state index contributed by atoms with van der Waals surface area (Å²) in [4.78, 5) is 28.9. The van der Waals surface area contributed by atoms with E-state index in [-0.39, 0.29) is 29.5 Å². The number of carbonyl (C=O) groups is 2. The maximum Gasteiger partial charge on any atom is 0.243 e. The Morgan fingerprint density at radius 3 is 2.21 bits per heavy atom. The minimum atomic E-state index is -4.06. The van der Waals surface area contributed by atoms with Gasteiger partial charge in [-0.3, -0.25) is 9.59 Å². The molecule has 2 amide bonds. The van der Waals surface area contributed by atoms with Crippen LogP contribution in [0.3, 0.4) is 0 Å². The first-order chi connectivity index (χ1) is 20.1. The van der Waals surface area contributed by atoms with E-state index < -0.39 is 40.2 Å². The molecule has 0 heterocycles. The van der Waals surface area contributed by atoms with E-state index in [1.165, 1.54) is 24.1 Å². The third-order valence-electron chi connectivity index (χ3n) is 7.36. The normalized spacial score (nSPS) is 13.1. The van der Waals surface area contributed by atoms with Crippen molar-refractivity contribution in [3.8, 4) is 0 Å². The predicted octanol–water partition coefficient (Wildman–Crippen LogP) is 5.15. The van der Waals surface area contributed by atoms with Crippen LogP contribution in [0.25, 0.3) is 10.8 Å². The van der Waals surface area contributed by atoms with Crippen LogP contribution in [-0.4, -0.2) is 55.1 Å². The van der Waals surface area contributed by atoms with Gasteiger partial charge in [-0.05, 0) is 47.9 Å². The molecule has 0 bridgehead atoms. The van der Waals surface area contributed by atoms with Crippen molar-refractivity contribution >= 4 is 32.6 Å². The zero-order chi connectivity index (χ0) is 30.3. The van der Waals surface area contributed by atoms with E-state index in [4.69, 9.17) is 0 Å². The molecular formula is C33H36FN3O4S. The fourth-order valence-electron chi connectivity index (χ4n) is 4.68. The average Bonchev–Trinajstić information content (AvgIpc) is 2.99. The lowest BCUT2D eigenvalue weighted by Crippen LogP contribution is -2.54. The van der Waals surface area contributed by atoms with Crippen LogP contribution in [0.1, 0.15) is 31.4 Å². The molecule has 2 atom stereocenters. The van der Waals surface area contributed by atoms with Crippen molar-refractivity contribution in [3.05, 3.63) is 114 Å². The lowest BCUT2D eigenvalue weighted by Gasteiger charge is -2.33. The highest BCUT2D eigenvalue weighted by atomic mass is 32.2. The number of carbonyl (C=O) groups excluding carboxylic acids is 2. The van der Waals surface area contributed by atoms with Gasteiger partial charge in [-0.2, -0.15) is 4.31 Å². The second-order valence-electron chi connectivity index (χ2n) is 10.4. The van der Waals surface area contributed by atoms with Gasteiger partial charge < -0.3 is 10.2 Å². The average molecular weight is 590 g/mol. The summed E-state index contributed by atoms with van der Waals surface area (Å²) >= 11 is 0. The zero-order valence-corrected chi connectivity index (χ0v) is 24.9. The number of halogens is 1. The van der Waals surface area contributed by atoms with E-state index in [9.17, 15) is 22.4 Å². The summed E-state index contributed by atoms with van der Waals surface area (Å²) in [6, 6.07) is 26.3. The molecule has 0 saturated heterocycles. The predicted molar refractivity (Wildman–Crippen MR) is 163 cm³/mol. The quantitative estimate of drug-likeness (QED) is 0.248. The van der Waals surface area contributed by atoms with Crippen molar-refractivity contribution in [1.82, 2.24) is 14.5 Å². The molecule has 220 valence electrons. The van der Waals surface area contributed by atoms with Gasteiger partial charge in [0.15, 0.2) is 0 Å². The fourth-order valence-corrected chi connectivity index (χ4v) is 5.84. The lowest BCUT2D eigenvalue weighted by atomic mass is 10.0. The summed E-state index contributed by atoms with van der Waals surface area (Å²) in [6.45, 7) is 3.06. The van der Waals surface area contributed by atoms with Crippen molar-refractivity contribution in [2.75, 3.05) is 13.6 Å². The summed E-state index contributed by atoms with van der Waals surface area (Å²) in [5, 5.41) is 4.60. The van der Waals surface area contributed by atoms with Gasteiger partial charge in [0.25, 0.3) is 0 Å². The number of amides is 2. The number of nitrogens with one attached hydrogen (secondary N) is 1. The highest BCUT2D eigenvalue weighted by Gasteiger charge is 2.34. The molecule has 4 aromatic carbocycles. The minimum Gasteiger partial charge on any atom is -0.352 e. The Balaban J connectivity index is 1.68. The summed E-state index contributed by atoms with van der Waals surface area (Å²) in [5.41, 5.74) is 1.03. The summed E-state index contributed by atoms with van der Waals surface area (Å²) in [7, 11) is -2.73. The Bertz CT molecular complexity index is 1650. The Morgan fingerprint density at radius 2 is 1.52 bits per heavy atom. The summed E-state index contributed by atoms with van der Waals surface area (Å²) in [6.07, 6.45) is 0.849. The molecule has 0 aliphatic heterocycles. The topological polar surface area (TPSA) is 86.8 Å². The number of nitrogens with zero attached hydrogens (tertiary/aromatic N) is 2. The smallest absolute Gasteiger partial charge is 0.243 e. The van der Waals surface area contributed by atoms with E-state index in [0.29, 0.717) is 6.42 Å². The largest absolute Gasteiger partial charge is 0.352 e. The standard InChI is InChI=1S/C33H36FN3O4S/c1-4-24(2)35-33(39)31(20-25-12-6-5-7-13-25)37(22-28-16-10-11-17-30(28)34)32(38)23-36(3)42(40,41)29-19-18-26-14-8-9-15-27(26)21-29/h5-19,21,24,31H,4,20,22-23H2,1-3H3,(H,35,39)/t24-,31-/m1/s1. The minimum absolute atomic E-state index is 0.0486. The molecule has 0 saturated carbocycles. The van der Waals surface area contributed by atoms with Crippen LogP contribution in [0.4, 0.5) is 4.39 Å². The molecule has 0 aliphatic carbocycles. The Kier molecular flexibility index (Phi) is 10.1. The van der Waals surface area contributed by atoms with Crippen LogP contribution in [0.5, 0.6) is 0 Å². The third kappa shape index (κ3) is 7.40. The molecule has 0 fully saturated rings. The molecule has 0 unspecified atom stereocenters. The first-order valence-corrected chi connectivity index (χ1v) is 15.4. The molecule has 4 aromatic rings. The van der Waals surface area contributed by atoms with Gasteiger partial charge in [0.1, 0.15) is 11.9 Å². The van der Waals surface area contributed by atoms with E-state index in [0.717, 1.165) is 20.6 Å². The molecule has 0 radical (unpaired) electrons. The van der Waals surface area contributed by atoms with Crippen LogP contribution in [-0.2, 0) is 32.6 Å². The zero-order valence-electron chi connectivity index (χ0n) is 24.0. The van der Waals surface area contributed by atoms with Crippen LogP contribution in [0.2, 0.25) is 0 Å². The number of sulfonamides is 1. The monoisotopic (exact) mass is 589 g/mol. The van der Waals surface area contributed by atoms with Gasteiger partial charge in [0.2, 0.25) is 21.8 Å². The molecule has 0 aromatic heterocycles. The second kappa shape index (κ2) is 13.7. The van der Waals surface area contributed by atoms with Gasteiger partial charge in [0.05, 0.1) is 11.4 Å². The molecule has 0 aliphatic rings. The number of likely N-dealkylation sites (N-methyl/N-ethyl adjacent to an activating group) is 1. The van der Waals surface area contributed by atoms with Crippen molar-refractivity contribution in [2.45, 2.75) is 50.2 Å². The number of hydrogen-bond donors (Lipinski definition) is 1. The maximum absolute atomic E-state index is 14.8. The van der Waals surface area contributed by atoms with Crippen LogP contribution in [0.15, 0.2) is 102 Å². The molecule has 9 heteroatoms. The fraction of sp³-hybridized carbons (Fsp3) is 0.273. The second-order valence-corrected chi connectivity index (χ2v) is 12.5. The van der Waals surface area contributed by atoms with E-state index in [2.05, 4.69) is 5.32 Å². The Hall–Kier alpha value is -4.08. The molecule has 0 spiro atoms. The molecule has 1 N–H and O–H groups in total. The van der Waals surface area contributed by atoms with Crippen molar-refractivity contribution < 1.29 is 22.4 Å². The highest BCUT2D eigenvalue weighted by Crippen LogP contribution is 2.23. The summed E-state index contributed by atoms with van der Waals surface area (Å²) < 4.78 is 42.9. The van der Waals surface area contributed by atoms with Crippen LogP contribution in [0, 0.1) is 5.82 Å². The van der Waals surface area contributed by atoms with Crippen molar-refractivity contribution in [3.63, 3.8) is 0 Å². The number of benzene rings is 4. The molecule has 42 heavy (non-hydrogen) atoms. The lowest BCUT2D eigenvalue weighted by molar-refractivity contribution is -0.141. The first-order valence-electron chi connectivity index (χ1n) is 13.9. The highest BCUT2D eigenvalue weighted by molar-refractivity contribution is 7.89. The van der Waals surface area contributed by atoms with Crippen molar-refractivity contribution in [2.24, 2.45) is 0 Å². The Labute approximate surface area is 247 Å². The summed E-state index contributed by atoms with van der Waals surface area (Å²) in [5.74, 6) is -1.53. The Morgan fingerprint density at radius 1 is 0.881 bits per heavy atom. The molecular weight excluding hydrogens is 553 g/mol. The third-order valence-corrected chi connectivity index (χ3v) is 9.16. The van der Waals surface area contributed by atoms with Gasteiger partial charge >= 0.3 is 0 Å². The van der Waals surface area contributed by atoms with Gasteiger partial charge in [-0.15, -0.1) is 0 Å². The van der Waals surface area contributed by atoms with Crippen molar-refractivity contribution in [1.29, 1.82) is 0 Å². The van der Waals surface area contributed by atoms with E-state index in [1.54, 1.807) is 30.3 Å². The van der Waals surface area contributed by atoms with Gasteiger partial charge in [0, 0.05) is 31.6 Å². The van der Waals surface area contributed by atoms with E-state index in [1.807, 2.05) is 68.4 Å². The number of rotatable bonds is 12.